The van der Waals surface area contributed by atoms with E-state index < -0.39 is 23.4 Å². The minimum atomic E-state index is -0.540. The molecule has 0 saturated carbocycles. The maximum Gasteiger partial charge on any atom is 0.312 e. The molecule has 5 aliphatic heterocycles. The van der Waals surface area contributed by atoms with E-state index in [9.17, 15) is 14.4 Å². The van der Waals surface area contributed by atoms with E-state index in [2.05, 4.69) is 0 Å². The lowest BCUT2D eigenvalue weighted by Crippen LogP contribution is -2.69. The van der Waals surface area contributed by atoms with Crippen molar-refractivity contribution in [2.75, 3.05) is 33.3 Å². The van der Waals surface area contributed by atoms with Gasteiger partial charge in [0.25, 0.3) is 0 Å². The summed E-state index contributed by atoms with van der Waals surface area (Å²) in [5.41, 5.74) is 1.74. The van der Waals surface area contributed by atoms with Crippen LogP contribution in [-0.4, -0.2) is 71.8 Å². The summed E-state index contributed by atoms with van der Waals surface area (Å²) in [6, 6.07) is 5.52. The van der Waals surface area contributed by atoms with Crippen LogP contribution < -0.4 is 4.74 Å². The van der Waals surface area contributed by atoms with Gasteiger partial charge in [0.05, 0.1) is 12.6 Å². The Labute approximate surface area is 176 Å². The molecule has 5 aliphatic rings. The van der Waals surface area contributed by atoms with Gasteiger partial charge in [0.2, 0.25) is 5.91 Å². The Morgan fingerprint density at radius 2 is 1.87 bits per heavy atom. The van der Waals surface area contributed by atoms with Gasteiger partial charge < -0.3 is 19.4 Å². The normalized spacial score (nSPS) is 28.0. The van der Waals surface area contributed by atoms with E-state index in [4.69, 9.17) is 4.74 Å². The number of ether oxygens (including phenoxy) is 1. The number of amides is 3. The highest BCUT2D eigenvalue weighted by Gasteiger charge is 2.56. The zero-order valence-electron chi connectivity index (χ0n) is 17.6. The number of benzene rings is 1. The van der Waals surface area contributed by atoms with E-state index in [-0.39, 0.29) is 5.91 Å². The Bertz CT molecular complexity index is 894. The van der Waals surface area contributed by atoms with E-state index in [0.717, 1.165) is 49.8 Å². The van der Waals surface area contributed by atoms with Crippen LogP contribution in [0.25, 0.3) is 0 Å². The molecule has 30 heavy (non-hydrogen) atoms. The Morgan fingerprint density at radius 1 is 1.07 bits per heavy atom. The molecule has 2 atom stereocenters. The molecule has 1 aromatic carbocycles. The minimum Gasteiger partial charge on any atom is -0.497 e. The molecule has 4 saturated heterocycles. The molecule has 1 aromatic rings. The molecule has 0 N–H and O–H groups in total. The number of hydrogen-bond acceptors (Lipinski definition) is 4. The van der Waals surface area contributed by atoms with Gasteiger partial charge in [0.15, 0.2) is 0 Å². The van der Waals surface area contributed by atoms with Crippen LogP contribution >= 0.6 is 0 Å². The summed E-state index contributed by atoms with van der Waals surface area (Å²) < 4.78 is 5.40. The number of carbonyl (C=O) groups excluding carboxylic acids is 3. The lowest BCUT2D eigenvalue weighted by atomic mass is 9.76. The molecule has 4 fully saturated rings. The first-order valence-electron chi connectivity index (χ1n) is 11.1. The van der Waals surface area contributed by atoms with Crippen molar-refractivity contribution in [3.05, 3.63) is 29.3 Å². The van der Waals surface area contributed by atoms with Crippen molar-refractivity contribution in [3.8, 4) is 5.75 Å². The van der Waals surface area contributed by atoms with Gasteiger partial charge in [-0.15, -0.1) is 0 Å². The molecule has 7 heteroatoms. The topological polar surface area (TPSA) is 70.2 Å². The molecule has 2 bridgehead atoms. The summed E-state index contributed by atoms with van der Waals surface area (Å²) in [7, 11) is 1.65. The van der Waals surface area contributed by atoms with Crippen LogP contribution in [0.15, 0.2) is 18.2 Å². The Balaban J connectivity index is 1.51. The Morgan fingerprint density at radius 3 is 2.63 bits per heavy atom. The second-order valence-corrected chi connectivity index (χ2v) is 8.99. The van der Waals surface area contributed by atoms with Crippen LogP contribution in [0.3, 0.4) is 0 Å². The first kappa shape index (κ1) is 19.4. The zero-order valence-corrected chi connectivity index (χ0v) is 17.6. The summed E-state index contributed by atoms with van der Waals surface area (Å²) in [6.45, 7) is 2.33. The quantitative estimate of drug-likeness (QED) is 0.660. The molecular formula is C23H29N3O4. The van der Waals surface area contributed by atoms with Crippen molar-refractivity contribution in [1.82, 2.24) is 14.7 Å². The van der Waals surface area contributed by atoms with Gasteiger partial charge in [-0.05, 0) is 68.2 Å². The summed E-state index contributed by atoms with van der Waals surface area (Å²) >= 11 is 0. The van der Waals surface area contributed by atoms with Crippen LogP contribution in [0, 0.1) is 0 Å². The molecule has 5 heterocycles. The highest BCUT2D eigenvalue weighted by atomic mass is 16.5. The summed E-state index contributed by atoms with van der Waals surface area (Å²) in [4.78, 5) is 45.0. The monoisotopic (exact) mass is 411 g/mol. The minimum absolute atomic E-state index is 0.0000113. The van der Waals surface area contributed by atoms with Crippen molar-refractivity contribution in [1.29, 1.82) is 0 Å². The lowest BCUT2D eigenvalue weighted by Gasteiger charge is -2.54. The number of carbonyl (C=O) groups is 3. The first-order chi connectivity index (χ1) is 14.5. The number of methoxy groups -OCH3 is 1. The van der Waals surface area contributed by atoms with Gasteiger partial charge in [-0.25, -0.2) is 0 Å². The van der Waals surface area contributed by atoms with Gasteiger partial charge in [0.1, 0.15) is 11.8 Å². The van der Waals surface area contributed by atoms with Gasteiger partial charge in [0, 0.05) is 26.2 Å². The van der Waals surface area contributed by atoms with Gasteiger partial charge in [-0.1, -0.05) is 6.07 Å². The molecule has 6 rings (SSSR count). The third kappa shape index (κ3) is 2.81. The fraction of sp³-hybridized carbons (Fsp3) is 0.609. The van der Waals surface area contributed by atoms with Crippen molar-refractivity contribution < 1.29 is 19.1 Å². The second kappa shape index (κ2) is 7.29. The van der Waals surface area contributed by atoms with Crippen LogP contribution in [0.4, 0.5) is 0 Å². The number of nitrogens with zero attached hydrogens (tertiary/aromatic N) is 3. The average molecular weight is 412 g/mol. The fourth-order valence-electron chi connectivity index (χ4n) is 5.93. The molecule has 1 spiro atoms. The smallest absolute Gasteiger partial charge is 0.312 e. The molecule has 0 radical (unpaired) electrons. The van der Waals surface area contributed by atoms with Crippen molar-refractivity contribution in [2.24, 2.45) is 0 Å². The second-order valence-electron chi connectivity index (χ2n) is 8.99. The predicted octanol–water partition coefficient (Wildman–Crippen LogP) is 1.68. The molecule has 3 amide bonds. The molecule has 0 aromatic heterocycles. The molecule has 0 aliphatic carbocycles. The van der Waals surface area contributed by atoms with Crippen molar-refractivity contribution in [3.63, 3.8) is 0 Å². The highest BCUT2D eigenvalue weighted by Crippen LogP contribution is 2.47. The number of fused-ring (bicyclic) bond motifs is 4. The van der Waals surface area contributed by atoms with Crippen LogP contribution in [0.5, 0.6) is 5.75 Å². The Kier molecular flexibility index (Phi) is 4.71. The van der Waals surface area contributed by atoms with E-state index in [0.29, 0.717) is 32.6 Å². The maximum absolute atomic E-state index is 13.5. The maximum atomic E-state index is 13.5. The predicted molar refractivity (Wildman–Crippen MR) is 110 cm³/mol. The molecule has 7 nitrogen and oxygen atoms in total. The highest BCUT2D eigenvalue weighted by molar-refractivity contribution is 6.35. The first-order valence-corrected chi connectivity index (χ1v) is 11.1. The van der Waals surface area contributed by atoms with Crippen molar-refractivity contribution in [2.45, 2.75) is 56.5 Å². The van der Waals surface area contributed by atoms with E-state index in [1.165, 1.54) is 5.56 Å². The lowest BCUT2D eigenvalue weighted by molar-refractivity contribution is -0.167. The van der Waals surface area contributed by atoms with Crippen LogP contribution in [0.2, 0.25) is 0 Å². The van der Waals surface area contributed by atoms with E-state index in [1.807, 2.05) is 23.1 Å². The Hall–Kier alpha value is -2.57. The van der Waals surface area contributed by atoms with Gasteiger partial charge in [-0.3, -0.25) is 14.4 Å². The van der Waals surface area contributed by atoms with E-state index in [1.54, 1.807) is 16.9 Å². The summed E-state index contributed by atoms with van der Waals surface area (Å²) in [5.74, 6) is -0.138. The number of likely N-dealkylation sites (tertiary alicyclic amines) is 1. The number of rotatable bonds is 1. The van der Waals surface area contributed by atoms with Crippen LogP contribution in [0.1, 0.15) is 49.7 Å². The van der Waals surface area contributed by atoms with Crippen molar-refractivity contribution >= 4 is 17.7 Å². The summed E-state index contributed by atoms with van der Waals surface area (Å²) in [5, 5.41) is 0. The van der Waals surface area contributed by atoms with E-state index >= 15 is 0 Å². The molecule has 2 unspecified atom stereocenters. The largest absolute Gasteiger partial charge is 0.497 e. The average Bonchev–Trinajstić information content (AvgIpc) is 3.07. The van der Waals surface area contributed by atoms with Gasteiger partial charge in [-0.2, -0.15) is 0 Å². The SMILES string of the molecule is COc1ccc2c(c1)CCN1C(=O)C3CCCC21CN3C(=O)C(=O)N1CCCCC1. The number of hydrogen-bond donors (Lipinski definition) is 0. The summed E-state index contributed by atoms with van der Waals surface area (Å²) in [6.07, 6.45) is 6.06. The number of piperazine rings is 1. The zero-order chi connectivity index (χ0) is 20.9. The molecular weight excluding hydrogens is 382 g/mol. The fourth-order valence-corrected chi connectivity index (χ4v) is 5.93. The molecule has 160 valence electrons. The third-order valence-electron chi connectivity index (χ3n) is 7.45. The standard InChI is InChI=1S/C23H29N3O4/c1-30-17-7-8-18-16(14-17)9-13-26-20(27)19-6-5-10-23(18,26)15-25(19)22(29)21(28)24-11-3-2-4-12-24/h7-8,14,19H,2-6,9-13,15H2,1H3. The third-order valence-corrected chi connectivity index (χ3v) is 7.45. The number of piperidine rings is 1. The van der Waals surface area contributed by atoms with Gasteiger partial charge >= 0.3 is 11.8 Å². The van der Waals surface area contributed by atoms with Crippen LogP contribution in [-0.2, 0) is 26.3 Å².